The van der Waals surface area contributed by atoms with Crippen LogP contribution in [-0.4, -0.2) is 12.6 Å². The van der Waals surface area contributed by atoms with Gasteiger partial charge in [0.1, 0.15) is 0 Å². The Kier molecular flexibility index (Phi) is 5.91. The molecule has 1 N–H and O–H groups in total. The zero-order valence-electron chi connectivity index (χ0n) is 12.2. The predicted molar refractivity (Wildman–Crippen MR) is 89.0 cm³/mol. The Bertz CT molecular complexity index is 382. The minimum absolute atomic E-state index is 0.490. The normalized spacial score (nSPS) is 20.4. The molecule has 0 saturated heterocycles. The number of rotatable bonds is 6. The number of halogens is 1. The van der Waals surface area contributed by atoms with Gasteiger partial charge in [0.15, 0.2) is 0 Å². The molecular formula is C16H26BrNS. The topological polar surface area (TPSA) is 12.0 Å². The molecule has 1 aromatic rings. The number of hydrogen-bond donors (Lipinski definition) is 1. The Balaban J connectivity index is 2.05. The molecule has 1 unspecified atom stereocenters. The van der Waals surface area contributed by atoms with Crippen molar-refractivity contribution in [2.24, 2.45) is 5.41 Å². The predicted octanol–water partition coefficient (Wildman–Crippen LogP) is 5.39. The fourth-order valence-corrected chi connectivity index (χ4v) is 4.78. The molecule has 19 heavy (non-hydrogen) atoms. The molecule has 1 aliphatic carbocycles. The fraction of sp³-hybridized carbons (Fsp3) is 0.750. The first kappa shape index (κ1) is 15.5. The summed E-state index contributed by atoms with van der Waals surface area (Å²) in [7, 11) is 0. The van der Waals surface area contributed by atoms with Crippen LogP contribution in [0, 0.1) is 5.41 Å². The third-order valence-corrected chi connectivity index (χ3v) is 6.16. The van der Waals surface area contributed by atoms with Crippen molar-refractivity contribution in [2.45, 2.75) is 64.8 Å². The third kappa shape index (κ3) is 4.30. The van der Waals surface area contributed by atoms with Gasteiger partial charge in [0.25, 0.3) is 0 Å². The van der Waals surface area contributed by atoms with Crippen molar-refractivity contribution in [3.63, 3.8) is 0 Å². The van der Waals surface area contributed by atoms with Gasteiger partial charge in [-0.3, -0.25) is 0 Å². The standard InChI is InChI=1S/C16H26BrNS/c1-3-11-18-14(12-13-7-8-15(17)19-13)16(2)9-5-4-6-10-16/h7-8,14,18H,3-6,9-12H2,1-2H3. The van der Waals surface area contributed by atoms with Crippen LogP contribution in [0.2, 0.25) is 0 Å². The monoisotopic (exact) mass is 343 g/mol. The zero-order chi connectivity index (χ0) is 13.7. The van der Waals surface area contributed by atoms with Crippen LogP contribution in [0.25, 0.3) is 0 Å². The lowest BCUT2D eigenvalue weighted by atomic mass is 9.69. The Hall–Kier alpha value is 0.140. The highest BCUT2D eigenvalue weighted by Gasteiger charge is 2.35. The Morgan fingerprint density at radius 3 is 2.63 bits per heavy atom. The van der Waals surface area contributed by atoms with Crippen molar-refractivity contribution in [1.29, 1.82) is 0 Å². The molecule has 0 aromatic carbocycles. The van der Waals surface area contributed by atoms with E-state index in [1.807, 2.05) is 11.3 Å². The highest BCUT2D eigenvalue weighted by molar-refractivity contribution is 9.11. The molecule has 1 aromatic heterocycles. The minimum Gasteiger partial charge on any atom is -0.313 e. The van der Waals surface area contributed by atoms with Crippen LogP contribution in [0.3, 0.4) is 0 Å². The van der Waals surface area contributed by atoms with Crippen molar-refractivity contribution in [2.75, 3.05) is 6.54 Å². The first-order chi connectivity index (χ1) is 9.14. The van der Waals surface area contributed by atoms with Crippen molar-refractivity contribution < 1.29 is 0 Å². The van der Waals surface area contributed by atoms with E-state index in [0.717, 1.165) is 6.54 Å². The van der Waals surface area contributed by atoms with Crippen molar-refractivity contribution >= 4 is 27.3 Å². The van der Waals surface area contributed by atoms with Crippen LogP contribution < -0.4 is 5.32 Å². The van der Waals surface area contributed by atoms with Crippen LogP contribution in [0.5, 0.6) is 0 Å². The van der Waals surface area contributed by atoms with E-state index in [-0.39, 0.29) is 0 Å². The summed E-state index contributed by atoms with van der Waals surface area (Å²) in [5.74, 6) is 0. The maximum atomic E-state index is 3.83. The van der Waals surface area contributed by atoms with Crippen molar-refractivity contribution in [1.82, 2.24) is 5.32 Å². The molecular weight excluding hydrogens is 318 g/mol. The minimum atomic E-state index is 0.490. The molecule has 2 rings (SSSR count). The Labute approximate surface area is 130 Å². The Morgan fingerprint density at radius 2 is 2.05 bits per heavy atom. The van der Waals surface area contributed by atoms with E-state index in [1.165, 1.54) is 53.6 Å². The average molecular weight is 344 g/mol. The summed E-state index contributed by atoms with van der Waals surface area (Å²) in [6.07, 6.45) is 9.44. The maximum Gasteiger partial charge on any atom is 0.0701 e. The second kappa shape index (κ2) is 7.24. The molecule has 1 heterocycles. The molecule has 0 bridgehead atoms. The van der Waals surface area contributed by atoms with Crippen molar-refractivity contribution in [3.05, 3.63) is 20.8 Å². The van der Waals surface area contributed by atoms with Gasteiger partial charge in [0, 0.05) is 10.9 Å². The van der Waals surface area contributed by atoms with Crippen LogP contribution >= 0.6 is 27.3 Å². The maximum absolute atomic E-state index is 3.83. The second-order valence-electron chi connectivity index (χ2n) is 6.13. The summed E-state index contributed by atoms with van der Waals surface area (Å²) >= 11 is 5.47. The van der Waals surface area contributed by atoms with Gasteiger partial charge in [-0.25, -0.2) is 0 Å². The van der Waals surface area contributed by atoms with Gasteiger partial charge in [0.2, 0.25) is 0 Å². The number of hydrogen-bond acceptors (Lipinski definition) is 2. The van der Waals surface area contributed by atoms with E-state index >= 15 is 0 Å². The third-order valence-electron chi connectivity index (χ3n) is 4.51. The van der Waals surface area contributed by atoms with Gasteiger partial charge < -0.3 is 5.32 Å². The summed E-state index contributed by atoms with van der Waals surface area (Å²) in [5.41, 5.74) is 0.490. The van der Waals surface area contributed by atoms with E-state index in [2.05, 4.69) is 47.2 Å². The van der Waals surface area contributed by atoms with Crippen LogP contribution in [0.4, 0.5) is 0 Å². The second-order valence-corrected chi connectivity index (χ2v) is 8.68. The van der Waals surface area contributed by atoms with Crippen LogP contribution in [0.15, 0.2) is 15.9 Å². The summed E-state index contributed by atoms with van der Waals surface area (Å²) in [4.78, 5) is 1.51. The molecule has 1 aliphatic rings. The quantitative estimate of drug-likeness (QED) is 0.729. The molecule has 1 saturated carbocycles. The SMILES string of the molecule is CCCNC(Cc1ccc(Br)s1)C1(C)CCCCC1. The van der Waals surface area contributed by atoms with E-state index in [9.17, 15) is 0 Å². The average Bonchev–Trinajstić information content (AvgIpc) is 2.81. The summed E-state index contributed by atoms with van der Waals surface area (Å²) in [6, 6.07) is 5.10. The molecule has 3 heteroatoms. The molecule has 1 atom stereocenters. The van der Waals surface area contributed by atoms with Crippen LogP contribution in [-0.2, 0) is 6.42 Å². The number of nitrogens with one attached hydrogen (secondary N) is 1. The smallest absolute Gasteiger partial charge is 0.0701 e. The molecule has 0 spiro atoms. The highest BCUT2D eigenvalue weighted by atomic mass is 79.9. The lowest BCUT2D eigenvalue weighted by Crippen LogP contribution is -2.46. The summed E-state index contributed by atoms with van der Waals surface area (Å²) in [6.45, 7) is 5.91. The molecule has 1 nitrogen and oxygen atoms in total. The molecule has 1 fully saturated rings. The fourth-order valence-electron chi connectivity index (χ4n) is 3.25. The van der Waals surface area contributed by atoms with E-state index in [4.69, 9.17) is 0 Å². The van der Waals surface area contributed by atoms with Gasteiger partial charge in [-0.15, -0.1) is 11.3 Å². The number of thiophene rings is 1. The summed E-state index contributed by atoms with van der Waals surface area (Å²) < 4.78 is 1.26. The van der Waals surface area contributed by atoms with Crippen molar-refractivity contribution in [3.8, 4) is 0 Å². The molecule has 0 radical (unpaired) electrons. The van der Waals surface area contributed by atoms with Gasteiger partial charge in [-0.05, 0) is 65.7 Å². The molecule has 0 amide bonds. The highest BCUT2D eigenvalue weighted by Crippen LogP contribution is 2.40. The molecule has 108 valence electrons. The zero-order valence-corrected chi connectivity index (χ0v) is 14.6. The van der Waals surface area contributed by atoms with Gasteiger partial charge in [-0.1, -0.05) is 33.1 Å². The van der Waals surface area contributed by atoms with E-state index < -0.39 is 0 Å². The van der Waals surface area contributed by atoms with Gasteiger partial charge >= 0.3 is 0 Å². The largest absolute Gasteiger partial charge is 0.313 e. The van der Waals surface area contributed by atoms with Gasteiger partial charge in [0.05, 0.1) is 3.79 Å². The Morgan fingerprint density at radius 1 is 1.32 bits per heavy atom. The van der Waals surface area contributed by atoms with Crippen LogP contribution in [0.1, 0.15) is 57.2 Å². The van der Waals surface area contributed by atoms with E-state index in [1.54, 1.807) is 0 Å². The lowest BCUT2D eigenvalue weighted by Gasteiger charge is -2.41. The summed E-state index contributed by atoms with van der Waals surface area (Å²) in [5, 5.41) is 3.83. The first-order valence-electron chi connectivity index (χ1n) is 7.61. The lowest BCUT2D eigenvalue weighted by molar-refractivity contribution is 0.144. The van der Waals surface area contributed by atoms with Gasteiger partial charge in [-0.2, -0.15) is 0 Å². The first-order valence-corrected chi connectivity index (χ1v) is 9.22. The molecule has 0 aliphatic heterocycles. The van der Waals surface area contributed by atoms with E-state index in [0.29, 0.717) is 11.5 Å².